The Bertz CT molecular complexity index is 306. The zero-order valence-electron chi connectivity index (χ0n) is 6.87. The van der Waals surface area contributed by atoms with Crippen molar-refractivity contribution in [3.8, 4) is 0 Å². The van der Waals surface area contributed by atoms with Crippen molar-refractivity contribution in [3.05, 3.63) is 23.9 Å². The molecule has 0 atom stereocenters. The van der Waals surface area contributed by atoms with Gasteiger partial charge in [0, 0.05) is 0 Å². The second-order valence-corrected chi connectivity index (χ2v) is 2.31. The van der Waals surface area contributed by atoms with Crippen LogP contribution in [0.25, 0.3) is 0 Å². The van der Waals surface area contributed by atoms with Gasteiger partial charge in [-0.1, -0.05) is 6.07 Å². The van der Waals surface area contributed by atoms with Crippen LogP contribution in [0.1, 0.15) is 10.5 Å². The van der Waals surface area contributed by atoms with Crippen LogP contribution in [0.2, 0.25) is 0 Å². The number of esters is 1. The predicted octanol–water partition coefficient (Wildman–Crippen LogP) is 0.938. The molecule has 0 saturated heterocycles. The SMILES string of the molecule is COC(=O)c1cccc(NNCl)n1. The van der Waals surface area contributed by atoms with Gasteiger partial charge in [0.15, 0.2) is 5.69 Å². The van der Waals surface area contributed by atoms with Crippen LogP contribution in [0.4, 0.5) is 5.82 Å². The van der Waals surface area contributed by atoms with Crippen molar-refractivity contribution in [2.24, 2.45) is 0 Å². The summed E-state index contributed by atoms with van der Waals surface area (Å²) in [5.74, 6) is -0.0453. The quantitative estimate of drug-likeness (QED) is 0.433. The lowest BCUT2D eigenvalue weighted by molar-refractivity contribution is 0.0594. The van der Waals surface area contributed by atoms with Crippen LogP contribution in [0.3, 0.4) is 0 Å². The van der Waals surface area contributed by atoms with Gasteiger partial charge >= 0.3 is 5.97 Å². The molecule has 13 heavy (non-hydrogen) atoms. The minimum atomic E-state index is -0.488. The highest BCUT2D eigenvalue weighted by Crippen LogP contribution is 2.04. The molecule has 0 spiro atoms. The summed E-state index contributed by atoms with van der Waals surface area (Å²) in [6.07, 6.45) is 0. The molecule has 0 aromatic carbocycles. The van der Waals surface area contributed by atoms with Crippen molar-refractivity contribution in [1.82, 2.24) is 9.93 Å². The standard InChI is InChI=1S/C7H8ClN3O2/c1-13-7(12)5-3-2-4-6(9-5)10-11-8/h2-4,11H,1H3,(H,9,10). The van der Waals surface area contributed by atoms with Gasteiger partial charge in [-0.05, 0) is 23.9 Å². The Hall–Kier alpha value is -1.33. The normalized spacial score (nSPS) is 9.38. The van der Waals surface area contributed by atoms with Crippen molar-refractivity contribution in [1.29, 1.82) is 0 Å². The maximum Gasteiger partial charge on any atom is 0.356 e. The smallest absolute Gasteiger partial charge is 0.356 e. The second kappa shape index (κ2) is 4.64. The molecule has 0 aliphatic carbocycles. The van der Waals surface area contributed by atoms with Gasteiger partial charge in [-0.3, -0.25) is 5.43 Å². The van der Waals surface area contributed by atoms with Crippen LogP contribution in [-0.2, 0) is 4.74 Å². The van der Waals surface area contributed by atoms with Gasteiger partial charge in [-0.25, -0.2) is 9.78 Å². The van der Waals surface area contributed by atoms with E-state index in [9.17, 15) is 4.79 Å². The number of hydrogen-bond acceptors (Lipinski definition) is 5. The summed E-state index contributed by atoms with van der Waals surface area (Å²) in [6, 6.07) is 4.86. The second-order valence-electron chi connectivity index (χ2n) is 2.12. The number of carbonyl (C=O) groups excluding carboxylic acids is 1. The van der Waals surface area contributed by atoms with Crippen LogP contribution >= 0.6 is 11.8 Å². The van der Waals surface area contributed by atoms with E-state index in [0.29, 0.717) is 5.82 Å². The average molecular weight is 202 g/mol. The van der Waals surface area contributed by atoms with Gasteiger partial charge in [0.05, 0.1) is 7.11 Å². The van der Waals surface area contributed by atoms with E-state index < -0.39 is 5.97 Å². The van der Waals surface area contributed by atoms with Crippen LogP contribution in [0.15, 0.2) is 18.2 Å². The molecule has 0 radical (unpaired) electrons. The molecule has 1 aromatic rings. The summed E-state index contributed by atoms with van der Waals surface area (Å²) < 4.78 is 4.49. The van der Waals surface area contributed by atoms with E-state index in [0.717, 1.165) is 0 Å². The number of hydrogen-bond donors (Lipinski definition) is 2. The van der Waals surface area contributed by atoms with E-state index in [1.807, 2.05) is 0 Å². The molecule has 0 fully saturated rings. The highest BCUT2D eigenvalue weighted by molar-refractivity contribution is 6.13. The fourth-order valence-electron chi connectivity index (χ4n) is 0.771. The molecule has 1 heterocycles. The van der Waals surface area contributed by atoms with E-state index in [-0.39, 0.29) is 5.69 Å². The van der Waals surface area contributed by atoms with Crippen LogP contribution in [0.5, 0.6) is 0 Å². The number of nitrogens with zero attached hydrogens (tertiary/aromatic N) is 1. The van der Waals surface area contributed by atoms with Crippen molar-refractivity contribution in [2.45, 2.75) is 0 Å². The molecule has 0 aliphatic rings. The number of hydrazine groups is 1. The number of pyridine rings is 1. The Labute approximate surface area is 80.1 Å². The monoisotopic (exact) mass is 201 g/mol. The van der Waals surface area contributed by atoms with Crippen molar-refractivity contribution < 1.29 is 9.53 Å². The number of ether oxygens (including phenoxy) is 1. The Morgan fingerprint density at radius 3 is 3.00 bits per heavy atom. The molecule has 0 saturated carbocycles. The maximum absolute atomic E-state index is 11.0. The first-order valence-electron chi connectivity index (χ1n) is 3.45. The van der Waals surface area contributed by atoms with E-state index in [4.69, 9.17) is 11.8 Å². The van der Waals surface area contributed by atoms with Gasteiger partial charge in [0.2, 0.25) is 0 Å². The first-order valence-corrected chi connectivity index (χ1v) is 3.82. The molecule has 1 rings (SSSR count). The lowest BCUT2D eigenvalue weighted by Gasteiger charge is -2.02. The number of rotatable bonds is 3. The van der Waals surface area contributed by atoms with Gasteiger partial charge < -0.3 is 4.74 Å². The Morgan fingerprint density at radius 1 is 1.62 bits per heavy atom. The van der Waals surface area contributed by atoms with Crippen molar-refractivity contribution >= 4 is 23.6 Å². The van der Waals surface area contributed by atoms with Gasteiger partial charge in [0.25, 0.3) is 0 Å². The summed E-state index contributed by atoms with van der Waals surface area (Å²) in [4.78, 5) is 17.1. The number of aromatic nitrogens is 1. The number of halogens is 1. The molecular weight excluding hydrogens is 194 g/mol. The Morgan fingerprint density at radius 2 is 2.38 bits per heavy atom. The molecule has 5 nitrogen and oxygen atoms in total. The number of methoxy groups -OCH3 is 1. The third kappa shape index (κ3) is 2.57. The zero-order chi connectivity index (χ0) is 9.68. The molecular formula is C7H8ClN3O2. The number of anilines is 1. The third-order valence-corrected chi connectivity index (χ3v) is 1.41. The highest BCUT2D eigenvalue weighted by Gasteiger charge is 2.06. The predicted molar refractivity (Wildman–Crippen MR) is 48.2 cm³/mol. The topological polar surface area (TPSA) is 63.2 Å². The first kappa shape index (κ1) is 9.76. The van der Waals surface area contributed by atoms with E-state index in [1.165, 1.54) is 7.11 Å². The molecule has 6 heteroatoms. The minimum Gasteiger partial charge on any atom is -0.464 e. The van der Waals surface area contributed by atoms with E-state index in [1.54, 1.807) is 18.2 Å². The van der Waals surface area contributed by atoms with Crippen molar-refractivity contribution in [3.63, 3.8) is 0 Å². The Kier molecular flexibility index (Phi) is 3.48. The van der Waals surface area contributed by atoms with E-state index in [2.05, 4.69) is 20.1 Å². The molecule has 0 bridgehead atoms. The lowest BCUT2D eigenvalue weighted by Crippen LogP contribution is -2.12. The summed E-state index contributed by atoms with van der Waals surface area (Å²) in [6.45, 7) is 0. The molecule has 70 valence electrons. The maximum atomic E-state index is 11.0. The number of carbonyl (C=O) groups is 1. The summed E-state index contributed by atoms with van der Waals surface area (Å²) in [5.41, 5.74) is 2.75. The summed E-state index contributed by atoms with van der Waals surface area (Å²) in [7, 11) is 1.30. The van der Waals surface area contributed by atoms with Crippen molar-refractivity contribution in [2.75, 3.05) is 12.5 Å². The Balaban J connectivity index is 2.85. The minimum absolute atomic E-state index is 0.222. The first-order chi connectivity index (χ1) is 6.27. The average Bonchev–Trinajstić information content (AvgIpc) is 2.18. The lowest BCUT2D eigenvalue weighted by atomic mass is 10.3. The highest BCUT2D eigenvalue weighted by atomic mass is 35.5. The fourth-order valence-corrected chi connectivity index (χ4v) is 0.868. The molecule has 1 aromatic heterocycles. The molecule has 0 amide bonds. The van der Waals surface area contributed by atoms with Crippen LogP contribution < -0.4 is 10.4 Å². The summed E-state index contributed by atoms with van der Waals surface area (Å²) >= 11 is 5.18. The molecule has 0 unspecified atom stereocenters. The molecule has 0 aliphatic heterocycles. The zero-order valence-corrected chi connectivity index (χ0v) is 7.63. The number of nitrogens with one attached hydrogen (secondary N) is 2. The fraction of sp³-hybridized carbons (Fsp3) is 0.143. The van der Waals surface area contributed by atoms with Gasteiger partial charge in [-0.15, -0.1) is 4.94 Å². The van der Waals surface area contributed by atoms with Crippen LogP contribution in [-0.4, -0.2) is 18.1 Å². The van der Waals surface area contributed by atoms with Gasteiger partial charge in [-0.2, -0.15) is 0 Å². The van der Waals surface area contributed by atoms with E-state index >= 15 is 0 Å². The van der Waals surface area contributed by atoms with Crippen LogP contribution in [0, 0.1) is 0 Å². The third-order valence-electron chi connectivity index (χ3n) is 1.32. The summed E-state index contributed by atoms with van der Waals surface area (Å²) in [5, 5.41) is 0. The largest absolute Gasteiger partial charge is 0.464 e. The molecule has 2 N–H and O–H groups in total. The van der Waals surface area contributed by atoms with Gasteiger partial charge in [0.1, 0.15) is 5.82 Å².